The number of fused-ring (bicyclic) bond motifs is 1. The molecule has 5 heteroatoms. The standard InChI is InChI=1S/C11H15NO4/c1-11(2,3)7(10(15)16)12-8(13)5-4-6(5)9(12)14/h5-7H,4H2,1-3H3,(H,15,16). The summed E-state index contributed by atoms with van der Waals surface area (Å²) in [6.45, 7) is 5.16. The summed E-state index contributed by atoms with van der Waals surface area (Å²) in [5.74, 6) is -2.21. The van der Waals surface area contributed by atoms with Gasteiger partial charge in [0, 0.05) is 0 Å². The summed E-state index contributed by atoms with van der Waals surface area (Å²) in [6, 6.07) is -1.06. The first-order chi connectivity index (χ1) is 7.25. The Morgan fingerprint density at radius 1 is 1.31 bits per heavy atom. The van der Waals surface area contributed by atoms with Gasteiger partial charge in [0.15, 0.2) is 0 Å². The molecule has 2 fully saturated rings. The van der Waals surface area contributed by atoms with Crippen LogP contribution in [0.2, 0.25) is 0 Å². The van der Waals surface area contributed by atoms with Crippen LogP contribution in [0.15, 0.2) is 0 Å². The Bertz CT molecular complexity index is 362. The molecule has 0 aromatic carbocycles. The van der Waals surface area contributed by atoms with Gasteiger partial charge in [-0.15, -0.1) is 0 Å². The van der Waals surface area contributed by atoms with Crippen LogP contribution >= 0.6 is 0 Å². The zero-order valence-electron chi connectivity index (χ0n) is 9.56. The molecule has 2 amide bonds. The minimum atomic E-state index is -1.12. The third-order valence-electron chi connectivity index (χ3n) is 3.21. The topological polar surface area (TPSA) is 74.7 Å². The lowest BCUT2D eigenvalue weighted by Gasteiger charge is -2.34. The highest BCUT2D eigenvalue weighted by Gasteiger charge is 2.62. The number of carboxylic acid groups (broad SMARTS) is 1. The number of carbonyl (C=O) groups is 3. The minimum Gasteiger partial charge on any atom is -0.480 e. The molecule has 88 valence electrons. The second-order valence-electron chi connectivity index (χ2n) is 5.60. The summed E-state index contributed by atoms with van der Waals surface area (Å²) in [5, 5.41) is 9.16. The Balaban J connectivity index is 2.32. The summed E-state index contributed by atoms with van der Waals surface area (Å²) in [5.41, 5.74) is -0.645. The molecule has 0 aromatic rings. The monoisotopic (exact) mass is 225 g/mol. The predicted molar refractivity (Wildman–Crippen MR) is 54.3 cm³/mol. The van der Waals surface area contributed by atoms with Gasteiger partial charge in [0.25, 0.3) is 0 Å². The Hall–Kier alpha value is -1.39. The number of aliphatic carboxylic acids is 1. The second kappa shape index (κ2) is 3.06. The van der Waals surface area contributed by atoms with E-state index in [9.17, 15) is 14.4 Å². The molecule has 0 bridgehead atoms. The second-order valence-corrected chi connectivity index (χ2v) is 5.60. The number of likely N-dealkylation sites (tertiary alicyclic amines) is 1. The highest BCUT2D eigenvalue weighted by atomic mass is 16.4. The van der Waals surface area contributed by atoms with Crippen molar-refractivity contribution in [2.75, 3.05) is 0 Å². The predicted octanol–water partition coefficient (Wildman–Crippen LogP) is 0.491. The summed E-state index contributed by atoms with van der Waals surface area (Å²) in [7, 11) is 0. The van der Waals surface area contributed by atoms with Crippen LogP contribution in [0.25, 0.3) is 0 Å². The quantitative estimate of drug-likeness (QED) is 0.694. The maximum atomic E-state index is 11.8. The Morgan fingerprint density at radius 2 is 1.75 bits per heavy atom. The maximum absolute atomic E-state index is 11.8. The number of hydrogen-bond donors (Lipinski definition) is 1. The third kappa shape index (κ3) is 1.42. The summed E-state index contributed by atoms with van der Waals surface area (Å²) in [6.07, 6.45) is 0.602. The van der Waals surface area contributed by atoms with E-state index in [0.29, 0.717) is 6.42 Å². The average Bonchev–Trinajstić information content (AvgIpc) is 2.83. The Morgan fingerprint density at radius 3 is 2.06 bits per heavy atom. The first kappa shape index (κ1) is 11.1. The molecule has 0 spiro atoms. The largest absolute Gasteiger partial charge is 0.480 e. The van der Waals surface area contributed by atoms with Crippen molar-refractivity contribution in [1.29, 1.82) is 0 Å². The van der Waals surface area contributed by atoms with E-state index in [-0.39, 0.29) is 23.7 Å². The lowest BCUT2D eigenvalue weighted by Crippen LogP contribution is -2.53. The van der Waals surface area contributed by atoms with Crippen LogP contribution in [0.4, 0.5) is 0 Å². The molecule has 0 aromatic heterocycles. The summed E-state index contributed by atoms with van der Waals surface area (Å²) in [4.78, 5) is 35.7. The molecule has 2 aliphatic rings. The van der Waals surface area contributed by atoms with Crippen LogP contribution in [-0.4, -0.2) is 33.8 Å². The van der Waals surface area contributed by atoms with E-state index in [1.165, 1.54) is 0 Å². The van der Waals surface area contributed by atoms with Crippen LogP contribution in [0.5, 0.6) is 0 Å². The number of rotatable bonds is 2. The van der Waals surface area contributed by atoms with E-state index in [4.69, 9.17) is 5.11 Å². The fourth-order valence-corrected chi connectivity index (χ4v) is 2.33. The van der Waals surface area contributed by atoms with Crippen molar-refractivity contribution in [2.45, 2.75) is 33.2 Å². The molecule has 1 heterocycles. The number of carbonyl (C=O) groups excluding carboxylic acids is 2. The van der Waals surface area contributed by atoms with Crippen molar-refractivity contribution in [2.24, 2.45) is 17.3 Å². The molecular weight excluding hydrogens is 210 g/mol. The van der Waals surface area contributed by atoms with Gasteiger partial charge in [-0.1, -0.05) is 20.8 Å². The third-order valence-corrected chi connectivity index (χ3v) is 3.21. The molecular formula is C11H15NO4. The van der Waals surface area contributed by atoms with Gasteiger partial charge in [-0.2, -0.15) is 0 Å². The Kier molecular flexibility index (Phi) is 2.12. The lowest BCUT2D eigenvalue weighted by molar-refractivity contribution is -0.160. The fraction of sp³-hybridized carbons (Fsp3) is 0.727. The number of nitrogens with zero attached hydrogens (tertiary/aromatic N) is 1. The highest BCUT2D eigenvalue weighted by Crippen LogP contribution is 2.49. The zero-order chi connectivity index (χ0) is 12.2. The first-order valence-electron chi connectivity index (χ1n) is 5.35. The molecule has 0 radical (unpaired) electrons. The fourth-order valence-electron chi connectivity index (χ4n) is 2.33. The van der Waals surface area contributed by atoms with Crippen molar-refractivity contribution in [3.8, 4) is 0 Å². The van der Waals surface area contributed by atoms with E-state index >= 15 is 0 Å². The van der Waals surface area contributed by atoms with Gasteiger partial charge in [-0.3, -0.25) is 14.5 Å². The SMILES string of the molecule is CC(C)(C)C(C(=O)O)N1C(=O)C2CC2C1=O. The molecule has 3 unspecified atom stereocenters. The summed E-state index contributed by atoms with van der Waals surface area (Å²) < 4.78 is 0. The van der Waals surface area contributed by atoms with E-state index in [0.717, 1.165) is 4.90 Å². The first-order valence-corrected chi connectivity index (χ1v) is 5.35. The number of imide groups is 1. The van der Waals surface area contributed by atoms with Crippen molar-refractivity contribution in [1.82, 2.24) is 4.90 Å². The smallest absolute Gasteiger partial charge is 0.327 e. The van der Waals surface area contributed by atoms with Gasteiger partial charge >= 0.3 is 5.97 Å². The minimum absolute atomic E-state index is 0.239. The van der Waals surface area contributed by atoms with Crippen molar-refractivity contribution in [3.05, 3.63) is 0 Å². The Labute approximate surface area is 93.4 Å². The molecule has 1 saturated heterocycles. The molecule has 1 N–H and O–H groups in total. The van der Waals surface area contributed by atoms with E-state index in [1.54, 1.807) is 20.8 Å². The van der Waals surface area contributed by atoms with Gasteiger partial charge in [0.1, 0.15) is 6.04 Å². The van der Waals surface area contributed by atoms with Gasteiger partial charge in [-0.05, 0) is 11.8 Å². The van der Waals surface area contributed by atoms with Crippen LogP contribution in [0.1, 0.15) is 27.2 Å². The van der Waals surface area contributed by atoms with Crippen molar-refractivity contribution in [3.63, 3.8) is 0 Å². The number of amides is 2. The van der Waals surface area contributed by atoms with Crippen molar-refractivity contribution >= 4 is 17.8 Å². The van der Waals surface area contributed by atoms with Gasteiger partial charge in [0.05, 0.1) is 11.8 Å². The van der Waals surface area contributed by atoms with Crippen LogP contribution in [0.3, 0.4) is 0 Å². The molecule has 1 aliphatic carbocycles. The number of hydrogen-bond acceptors (Lipinski definition) is 3. The van der Waals surface area contributed by atoms with E-state index in [1.807, 2.05) is 0 Å². The summed E-state index contributed by atoms with van der Waals surface area (Å²) >= 11 is 0. The van der Waals surface area contributed by atoms with Crippen molar-refractivity contribution < 1.29 is 19.5 Å². The van der Waals surface area contributed by atoms with Crippen LogP contribution in [0, 0.1) is 17.3 Å². The zero-order valence-corrected chi connectivity index (χ0v) is 9.56. The van der Waals surface area contributed by atoms with E-state index < -0.39 is 17.4 Å². The van der Waals surface area contributed by atoms with Gasteiger partial charge in [0.2, 0.25) is 11.8 Å². The molecule has 3 atom stereocenters. The number of piperidine rings is 1. The maximum Gasteiger partial charge on any atom is 0.327 e. The molecule has 16 heavy (non-hydrogen) atoms. The molecule has 5 nitrogen and oxygen atoms in total. The van der Waals surface area contributed by atoms with E-state index in [2.05, 4.69) is 0 Å². The van der Waals surface area contributed by atoms with Gasteiger partial charge < -0.3 is 5.11 Å². The molecule has 2 rings (SSSR count). The average molecular weight is 225 g/mol. The normalized spacial score (nSPS) is 30.3. The van der Waals surface area contributed by atoms with Gasteiger partial charge in [-0.25, -0.2) is 4.79 Å². The van der Waals surface area contributed by atoms with Crippen LogP contribution < -0.4 is 0 Å². The number of carboxylic acids is 1. The highest BCUT2D eigenvalue weighted by molar-refractivity contribution is 6.11. The molecule has 1 aliphatic heterocycles. The van der Waals surface area contributed by atoms with Crippen LogP contribution in [-0.2, 0) is 14.4 Å². The molecule has 1 saturated carbocycles. The lowest BCUT2D eigenvalue weighted by atomic mass is 9.85.